The number of imidazole rings is 1. The lowest BCUT2D eigenvalue weighted by Crippen LogP contribution is -2.56. The zero-order valence-corrected chi connectivity index (χ0v) is 21.5. The van der Waals surface area contributed by atoms with Gasteiger partial charge in [-0.1, -0.05) is 12.1 Å². The Kier molecular flexibility index (Phi) is 11.7. The Labute approximate surface area is 224 Å². The number of hydrogen-bond donors (Lipinski definition) is 9. The van der Waals surface area contributed by atoms with E-state index < -0.39 is 47.9 Å². The van der Waals surface area contributed by atoms with Gasteiger partial charge in [-0.05, 0) is 37.5 Å². The Hall–Kier alpha value is -4.66. The van der Waals surface area contributed by atoms with E-state index in [0.29, 0.717) is 17.7 Å². The lowest BCUT2D eigenvalue weighted by atomic mass is 10.1. The molecule has 0 aliphatic heterocycles. The second-order valence-corrected chi connectivity index (χ2v) is 8.90. The number of amides is 3. The van der Waals surface area contributed by atoms with Gasteiger partial charge in [-0.15, -0.1) is 0 Å². The fourth-order valence-corrected chi connectivity index (χ4v) is 3.52. The number of carbonyl (C=O) groups excluding carboxylic acids is 3. The summed E-state index contributed by atoms with van der Waals surface area (Å²) in [6.07, 6.45) is 3.56. The quantitative estimate of drug-likeness (QED) is 0.0664. The van der Waals surface area contributed by atoms with Crippen molar-refractivity contribution in [1.82, 2.24) is 25.9 Å². The van der Waals surface area contributed by atoms with E-state index in [0.717, 1.165) is 0 Å². The maximum Gasteiger partial charge on any atom is 0.326 e. The summed E-state index contributed by atoms with van der Waals surface area (Å²) in [5.74, 6) is -3.37. The number of nitrogens with two attached hydrogens (primary N) is 3. The van der Waals surface area contributed by atoms with Crippen molar-refractivity contribution in [1.29, 1.82) is 0 Å². The first-order valence-electron chi connectivity index (χ1n) is 12.2. The van der Waals surface area contributed by atoms with Crippen molar-refractivity contribution in [3.05, 3.63) is 48.0 Å². The van der Waals surface area contributed by atoms with Crippen molar-refractivity contribution in [3.63, 3.8) is 0 Å². The molecule has 4 unspecified atom stereocenters. The van der Waals surface area contributed by atoms with E-state index >= 15 is 0 Å². The third kappa shape index (κ3) is 10.7. The van der Waals surface area contributed by atoms with E-state index in [1.54, 1.807) is 0 Å². The zero-order valence-electron chi connectivity index (χ0n) is 21.5. The summed E-state index contributed by atoms with van der Waals surface area (Å²) in [6, 6.07) is 1.43. The molecule has 15 heteroatoms. The topological polar surface area (TPSA) is 264 Å². The molecule has 2 rings (SSSR count). The molecule has 1 heterocycles. The largest absolute Gasteiger partial charge is 0.508 e. The first kappa shape index (κ1) is 30.6. The molecule has 1 aromatic carbocycles. The summed E-state index contributed by atoms with van der Waals surface area (Å²) < 4.78 is 0. The van der Waals surface area contributed by atoms with E-state index in [4.69, 9.17) is 17.2 Å². The molecular weight excluding hydrogens is 510 g/mol. The summed E-state index contributed by atoms with van der Waals surface area (Å²) in [6.45, 7) is 1.59. The number of aliphatic imine (C=N–C) groups is 1. The van der Waals surface area contributed by atoms with Crippen molar-refractivity contribution in [2.24, 2.45) is 22.2 Å². The van der Waals surface area contributed by atoms with Crippen molar-refractivity contribution in [2.45, 2.75) is 56.8 Å². The highest BCUT2D eigenvalue weighted by Gasteiger charge is 2.28. The Morgan fingerprint density at radius 3 is 2.26 bits per heavy atom. The number of aromatic nitrogens is 2. The SMILES string of the molecule is CC(NC(=O)C(CCCN=C(N)N)NC(=O)C(N)Cc1cnc[nH]1)C(=O)NC(Cc1ccc(O)cc1)C(=O)O. The van der Waals surface area contributed by atoms with Crippen LogP contribution in [-0.2, 0) is 32.0 Å². The van der Waals surface area contributed by atoms with Crippen LogP contribution < -0.4 is 33.2 Å². The predicted molar refractivity (Wildman–Crippen MR) is 141 cm³/mol. The van der Waals surface area contributed by atoms with Crippen LogP contribution in [-0.4, -0.2) is 80.5 Å². The number of phenols is 1. The van der Waals surface area contributed by atoms with Gasteiger partial charge in [-0.25, -0.2) is 9.78 Å². The molecule has 0 spiro atoms. The molecule has 39 heavy (non-hydrogen) atoms. The number of carboxylic acid groups (broad SMARTS) is 1. The Morgan fingerprint density at radius 1 is 1.00 bits per heavy atom. The zero-order chi connectivity index (χ0) is 28.9. The number of nitrogens with zero attached hydrogens (tertiary/aromatic N) is 2. The van der Waals surface area contributed by atoms with Gasteiger partial charge in [0.1, 0.15) is 23.9 Å². The summed E-state index contributed by atoms with van der Waals surface area (Å²) in [7, 11) is 0. The van der Waals surface area contributed by atoms with Gasteiger partial charge < -0.3 is 48.3 Å². The number of carboxylic acids is 1. The smallest absolute Gasteiger partial charge is 0.326 e. The van der Waals surface area contributed by atoms with E-state index in [1.807, 2.05) is 0 Å². The highest BCUT2D eigenvalue weighted by atomic mass is 16.4. The van der Waals surface area contributed by atoms with Crippen molar-refractivity contribution < 1.29 is 29.4 Å². The van der Waals surface area contributed by atoms with Gasteiger partial charge in [0.05, 0.1) is 12.4 Å². The van der Waals surface area contributed by atoms with Gasteiger partial charge in [0.2, 0.25) is 17.7 Å². The molecule has 0 saturated heterocycles. The molecule has 1 aromatic heterocycles. The Bertz CT molecular complexity index is 1130. The minimum Gasteiger partial charge on any atom is -0.508 e. The van der Waals surface area contributed by atoms with Crippen LogP contribution >= 0.6 is 0 Å². The van der Waals surface area contributed by atoms with Gasteiger partial charge >= 0.3 is 5.97 Å². The van der Waals surface area contributed by atoms with Crippen LogP contribution in [0.25, 0.3) is 0 Å². The number of hydrogen-bond acceptors (Lipinski definition) is 8. The van der Waals surface area contributed by atoms with E-state index in [2.05, 4.69) is 30.9 Å². The minimum absolute atomic E-state index is 0.0215. The summed E-state index contributed by atoms with van der Waals surface area (Å²) in [5.41, 5.74) is 17.8. The number of rotatable bonds is 15. The third-order valence-electron chi connectivity index (χ3n) is 5.65. The second-order valence-electron chi connectivity index (χ2n) is 8.90. The minimum atomic E-state index is -1.28. The fourth-order valence-electron chi connectivity index (χ4n) is 3.52. The van der Waals surface area contributed by atoms with Gasteiger partial charge in [-0.3, -0.25) is 19.4 Å². The molecule has 0 aliphatic carbocycles. The van der Waals surface area contributed by atoms with Gasteiger partial charge in [-0.2, -0.15) is 0 Å². The van der Waals surface area contributed by atoms with Crippen LogP contribution in [0.1, 0.15) is 31.0 Å². The molecule has 212 valence electrons. The van der Waals surface area contributed by atoms with Gasteiger partial charge in [0, 0.05) is 31.3 Å². The van der Waals surface area contributed by atoms with Crippen LogP contribution in [0, 0.1) is 0 Å². The fraction of sp³-hybridized carbons (Fsp3) is 0.417. The molecule has 0 aliphatic rings. The van der Waals surface area contributed by atoms with E-state index in [9.17, 15) is 29.4 Å². The standard InChI is InChI=1S/C24H35N9O6/c1-13(20(35)33-19(23(38)39)9-14-4-6-16(34)7-5-14)31-22(37)18(3-2-8-29-24(26)27)32-21(36)17(25)10-15-11-28-12-30-15/h4-7,11-13,17-19,34H,2-3,8-10,25H2,1H3,(H,28,30)(H,31,37)(H,32,36)(H,33,35)(H,38,39)(H4,26,27,29). The van der Waals surface area contributed by atoms with Crippen molar-refractivity contribution >= 4 is 29.7 Å². The van der Waals surface area contributed by atoms with Crippen molar-refractivity contribution in [3.8, 4) is 5.75 Å². The average molecular weight is 546 g/mol. The summed E-state index contributed by atoms with van der Waals surface area (Å²) in [5, 5.41) is 26.4. The third-order valence-corrected chi connectivity index (χ3v) is 5.65. The normalized spacial score (nSPS) is 13.8. The number of nitrogens with one attached hydrogen (secondary N) is 4. The molecular formula is C24H35N9O6. The first-order chi connectivity index (χ1) is 18.5. The molecule has 0 fully saturated rings. The monoisotopic (exact) mass is 545 g/mol. The molecule has 0 saturated carbocycles. The average Bonchev–Trinajstić information content (AvgIpc) is 3.39. The van der Waals surface area contributed by atoms with Crippen LogP contribution in [0.15, 0.2) is 41.8 Å². The van der Waals surface area contributed by atoms with E-state index in [1.165, 1.54) is 43.7 Å². The number of guanidine groups is 1. The maximum absolute atomic E-state index is 13.0. The molecule has 0 bridgehead atoms. The second kappa shape index (κ2) is 14.9. The molecule has 3 amide bonds. The molecule has 0 radical (unpaired) electrons. The molecule has 15 nitrogen and oxygen atoms in total. The Morgan fingerprint density at radius 2 is 1.67 bits per heavy atom. The number of aliphatic carboxylic acids is 1. The van der Waals surface area contributed by atoms with E-state index in [-0.39, 0.29) is 37.5 Å². The lowest BCUT2D eigenvalue weighted by molar-refractivity contribution is -0.142. The first-order valence-corrected chi connectivity index (χ1v) is 12.2. The highest BCUT2D eigenvalue weighted by molar-refractivity contribution is 5.94. The summed E-state index contributed by atoms with van der Waals surface area (Å²) in [4.78, 5) is 60.7. The van der Waals surface area contributed by atoms with Crippen LogP contribution in [0.5, 0.6) is 5.75 Å². The maximum atomic E-state index is 13.0. The summed E-state index contributed by atoms with van der Waals surface area (Å²) >= 11 is 0. The van der Waals surface area contributed by atoms with Crippen LogP contribution in [0.4, 0.5) is 0 Å². The number of aromatic hydroxyl groups is 1. The predicted octanol–water partition coefficient (Wildman–Crippen LogP) is -2.16. The number of aromatic amines is 1. The van der Waals surface area contributed by atoms with Crippen molar-refractivity contribution in [2.75, 3.05) is 6.54 Å². The number of phenolic OH excluding ortho intramolecular Hbond substituents is 1. The molecule has 2 aromatic rings. The molecule has 12 N–H and O–H groups in total. The van der Waals surface area contributed by atoms with Crippen LogP contribution in [0.3, 0.4) is 0 Å². The lowest BCUT2D eigenvalue weighted by Gasteiger charge is -2.23. The number of carbonyl (C=O) groups is 4. The van der Waals surface area contributed by atoms with Crippen LogP contribution in [0.2, 0.25) is 0 Å². The van der Waals surface area contributed by atoms with Gasteiger partial charge in [0.15, 0.2) is 5.96 Å². The highest BCUT2D eigenvalue weighted by Crippen LogP contribution is 2.11. The molecule has 4 atom stereocenters. The number of benzene rings is 1. The number of H-pyrrole nitrogens is 1. The Balaban J connectivity index is 2.02. The van der Waals surface area contributed by atoms with Gasteiger partial charge in [0.25, 0.3) is 0 Å².